The van der Waals surface area contributed by atoms with E-state index in [-0.39, 0.29) is 29.8 Å². The Bertz CT molecular complexity index is 1070. The first kappa shape index (κ1) is 19.6. The molecule has 0 atom stereocenters. The number of methoxy groups -OCH3 is 2. The van der Waals surface area contributed by atoms with Crippen LogP contribution in [0.5, 0.6) is 17.4 Å². The number of halogens is 1. The van der Waals surface area contributed by atoms with Gasteiger partial charge in [0.2, 0.25) is 5.88 Å². The maximum absolute atomic E-state index is 13.8. The molecule has 0 saturated heterocycles. The lowest BCUT2D eigenvalue weighted by Gasteiger charge is -2.19. The third-order valence-electron chi connectivity index (χ3n) is 4.77. The van der Waals surface area contributed by atoms with E-state index in [2.05, 4.69) is 9.97 Å². The normalized spacial score (nSPS) is 13.3. The van der Waals surface area contributed by atoms with Crippen molar-refractivity contribution in [2.45, 2.75) is 6.54 Å². The van der Waals surface area contributed by atoms with Crippen LogP contribution < -0.4 is 14.2 Å². The molecule has 2 aromatic carbocycles. The van der Waals surface area contributed by atoms with E-state index in [1.807, 2.05) is 24.3 Å². The van der Waals surface area contributed by atoms with E-state index in [0.29, 0.717) is 24.4 Å². The van der Waals surface area contributed by atoms with Crippen LogP contribution in [-0.4, -0.2) is 48.1 Å². The number of hydrogen-bond acceptors (Lipinski definition) is 6. The van der Waals surface area contributed by atoms with Crippen molar-refractivity contribution in [3.05, 3.63) is 65.6 Å². The van der Waals surface area contributed by atoms with Gasteiger partial charge in [-0.2, -0.15) is 4.98 Å². The van der Waals surface area contributed by atoms with Crippen molar-refractivity contribution in [3.8, 4) is 28.8 Å². The number of nitrogens with zero attached hydrogens (tertiary/aromatic N) is 3. The Labute approximate surface area is 173 Å². The number of aromatic nitrogens is 2. The average molecular weight is 409 g/mol. The van der Waals surface area contributed by atoms with Gasteiger partial charge in [0.15, 0.2) is 5.82 Å². The molecule has 3 aromatic rings. The number of amides is 1. The van der Waals surface area contributed by atoms with Crippen LogP contribution in [0.4, 0.5) is 4.39 Å². The highest BCUT2D eigenvalue weighted by Crippen LogP contribution is 2.27. The predicted molar refractivity (Wildman–Crippen MR) is 107 cm³/mol. The van der Waals surface area contributed by atoms with Crippen LogP contribution in [0.15, 0.2) is 48.7 Å². The second-order valence-electron chi connectivity index (χ2n) is 6.72. The van der Waals surface area contributed by atoms with Crippen molar-refractivity contribution < 1.29 is 23.4 Å². The summed E-state index contributed by atoms with van der Waals surface area (Å²) in [6.45, 7) is 1.12. The second-order valence-corrected chi connectivity index (χ2v) is 6.72. The molecule has 154 valence electrons. The third-order valence-corrected chi connectivity index (χ3v) is 4.77. The molecular weight excluding hydrogens is 389 g/mol. The van der Waals surface area contributed by atoms with Crippen molar-refractivity contribution in [3.63, 3.8) is 0 Å². The number of ether oxygens (including phenoxy) is 3. The van der Waals surface area contributed by atoms with Crippen LogP contribution >= 0.6 is 0 Å². The van der Waals surface area contributed by atoms with Crippen molar-refractivity contribution >= 4 is 5.91 Å². The summed E-state index contributed by atoms with van der Waals surface area (Å²) in [6, 6.07) is 11.7. The molecule has 0 aliphatic carbocycles. The Morgan fingerprint density at radius 1 is 1.10 bits per heavy atom. The highest BCUT2D eigenvalue weighted by molar-refractivity contribution is 5.96. The third kappa shape index (κ3) is 4.03. The molecule has 0 unspecified atom stereocenters. The molecule has 4 rings (SSSR count). The fraction of sp³-hybridized carbons (Fsp3) is 0.227. The molecular formula is C22H20FN3O4. The average Bonchev–Trinajstić information content (AvgIpc) is 2.92. The Morgan fingerprint density at radius 3 is 2.60 bits per heavy atom. The zero-order chi connectivity index (χ0) is 21.1. The van der Waals surface area contributed by atoms with E-state index in [9.17, 15) is 9.18 Å². The summed E-state index contributed by atoms with van der Waals surface area (Å²) in [7, 11) is 3.06. The van der Waals surface area contributed by atoms with Gasteiger partial charge in [-0.25, -0.2) is 9.37 Å². The van der Waals surface area contributed by atoms with Gasteiger partial charge in [0.25, 0.3) is 5.91 Å². The van der Waals surface area contributed by atoms with Crippen molar-refractivity contribution in [1.82, 2.24) is 14.9 Å². The van der Waals surface area contributed by atoms with Gasteiger partial charge in [-0.3, -0.25) is 4.79 Å². The monoisotopic (exact) mass is 409 g/mol. The summed E-state index contributed by atoms with van der Waals surface area (Å²) >= 11 is 0. The lowest BCUT2D eigenvalue weighted by atomic mass is 10.1. The first-order chi connectivity index (χ1) is 14.6. The minimum atomic E-state index is -0.467. The highest BCUT2D eigenvalue weighted by atomic mass is 19.1. The van der Waals surface area contributed by atoms with Crippen LogP contribution in [-0.2, 0) is 6.54 Å². The Kier molecular flexibility index (Phi) is 5.47. The molecule has 0 saturated carbocycles. The number of benzene rings is 2. The van der Waals surface area contributed by atoms with Gasteiger partial charge in [0.1, 0.15) is 29.5 Å². The fourth-order valence-electron chi connectivity index (χ4n) is 3.20. The van der Waals surface area contributed by atoms with Gasteiger partial charge in [0.05, 0.1) is 20.8 Å². The number of hydrogen-bond donors (Lipinski definition) is 0. The smallest absolute Gasteiger partial charge is 0.261 e. The molecule has 0 spiro atoms. The van der Waals surface area contributed by atoms with E-state index < -0.39 is 5.82 Å². The number of carbonyl (C=O) groups excluding carboxylic acids is 1. The van der Waals surface area contributed by atoms with Crippen LogP contribution in [0, 0.1) is 5.82 Å². The topological polar surface area (TPSA) is 73.8 Å². The molecule has 8 heteroatoms. The van der Waals surface area contributed by atoms with E-state index in [0.717, 1.165) is 11.3 Å². The molecule has 30 heavy (non-hydrogen) atoms. The van der Waals surface area contributed by atoms with Gasteiger partial charge >= 0.3 is 0 Å². The first-order valence-corrected chi connectivity index (χ1v) is 9.34. The van der Waals surface area contributed by atoms with E-state index in [1.54, 1.807) is 18.1 Å². The molecule has 2 heterocycles. The van der Waals surface area contributed by atoms with Gasteiger partial charge in [-0.05, 0) is 29.8 Å². The summed E-state index contributed by atoms with van der Waals surface area (Å²) in [6.07, 6.45) is 1.42. The van der Waals surface area contributed by atoms with Gasteiger partial charge in [-0.15, -0.1) is 0 Å². The maximum atomic E-state index is 13.8. The fourth-order valence-corrected chi connectivity index (χ4v) is 3.20. The van der Waals surface area contributed by atoms with E-state index >= 15 is 0 Å². The lowest BCUT2D eigenvalue weighted by Crippen LogP contribution is -2.31. The largest absolute Gasteiger partial charge is 0.497 e. The van der Waals surface area contributed by atoms with Crippen molar-refractivity contribution in [2.24, 2.45) is 0 Å². The molecule has 7 nitrogen and oxygen atoms in total. The quantitative estimate of drug-likeness (QED) is 0.644. The summed E-state index contributed by atoms with van der Waals surface area (Å²) in [4.78, 5) is 23.3. The van der Waals surface area contributed by atoms with E-state index in [1.165, 1.54) is 25.4 Å². The summed E-state index contributed by atoms with van der Waals surface area (Å²) in [5.41, 5.74) is 1.68. The zero-order valence-electron chi connectivity index (χ0n) is 16.6. The number of fused-ring (bicyclic) bond motifs is 1. The summed E-state index contributed by atoms with van der Waals surface area (Å²) in [5.74, 6) is 0.858. The van der Waals surface area contributed by atoms with Crippen LogP contribution in [0.2, 0.25) is 0 Å². The Morgan fingerprint density at radius 2 is 1.87 bits per heavy atom. The standard InChI is InChI=1S/C22H20FN3O4/c1-28-17-5-3-14(4-6-17)13-26-7-8-30-21-19(22(26)27)12-24-20(25-21)15-9-16(23)11-18(10-15)29-2/h3-6,9-12H,7-8,13H2,1-2H3. The predicted octanol–water partition coefficient (Wildman–Crippen LogP) is 3.33. The highest BCUT2D eigenvalue weighted by Gasteiger charge is 2.26. The molecule has 1 aliphatic rings. The van der Waals surface area contributed by atoms with Crippen molar-refractivity contribution in [2.75, 3.05) is 27.4 Å². The maximum Gasteiger partial charge on any atom is 0.261 e. The molecule has 0 radical (unpaired) electrons. The van der Waals surface area contributed by atoms with E-state index in [4.69, 9.17) is 14.2 Å². The Hall–Kier alpha value is -3.68. The van der Waals surface area contributed by atoms with Gasteiger partial charge in [0, 0.05) is 24.4 Å². The van der Waals surface area contributed by atoms with Gasteiger partial charge < -0.3 is 19.1 Å². The summed E-state index contributed by atoms with van der Waals surface area (Å²) < 4.78 is 29.8. The first-order valence-electron chi connectivity index (χ1n) is 9.34. The zero-order valence-corrected chi connectivity index (χ0v) is 16.6. The minimum absolute atomic E-state index is 0.186. The molecule has 1 aromatic heterocycles. The molecule has 0 bridgehead atoms. The number of carbonyl (C=O) groups is 1. The molecule has 0 fully saturated rings. The van der Waals surface area contributed by atoms with Gasteiger partial charge in [-0.1, -0.05) is 12.1 Å². The SMILES string of the molecule is COc1ccc(CN2CCOc3nc(-c4cc(F)cc(OC)c4)ncc3C2=O)cc1. The summed E-state index contributed by atoms with van der Waals surface area (Å²) in [5, 5.41) is 0. The molecule has 0 N–H and O–H groups in total. The second kappa shape index (κ2) is 8.36. The number of rotatable bonds is 5. The molecule has 1 amide bonds. The van der Waals surface area contributed by atoms with Crippen LogP contribution in [0.1, 0.15) is 15.9 Å². The van der Waals surface area contributed by atoms with Crippen molar-refractivity contribution in [1.29, 1.82) is 0 Å². The van der Waals surface area contributed by atoms with Crippen LogP contribution in [0.3, 0.4) is 0 Å². The minimum Gasteiger partial charge on any atom is -0.497 e. The molecule has 1 aliphatic heterocycles. The Balaban J connectivity index is 1.60. The lowest BCUT2D eigenvalue weighted by molar-refractivity contribution is 0.0742. The van der Waals surface area contributed by atoms with Crippen LogP contribution in [0.25, 0.3) is 11.4 Å².